The van der Waals surface area contributed by atoms with Crippen LogP contribution in [0.2, 0.25) is 0 Å². The fourth-order valence-corrected chi connectivity index (χ4v) is 1.71. The van der Waals surface area contributed by atoms with Gasteiger partial charge in [-0.15, -0.1) is 11.3 Å². The molecule has 0 saturated heterocycles. The van der Waals surface area contributed by atoms with Gasteiger partial charge in [0.05, 0.1) is 6.61 Å². The molecule has 1 aromatic heterocycles. The lowest BCUT2D eigenvalue weighted by Crippen LogP contribution is -1.91. The van der Waals surface area contributed by atoms with Crippen molar-refractivity contribution < 1.29 is 4.74 Å². The Kier molecular flexibility index (Phi) is 2.75. The molecular weight excluding hydrogens is 144 g/mol. The predicted octanol–water partition coefficient (Wildman–Crippen LogP) is 2.71. The van der Waals surface area contributed by atoms with E-state index in [0.29, 0.717) is 0 Å². The average molecular weight is 156 g/mol. The zero-order chi connectivity index (χ0) is 7.40. The Morgan fingerprint density at radius 3 is 2.80 bits per heavy atom. The molecule has 56 valence electrons. The maximum absolute atomic E-state index is 5.38. The lowest BCUT2D eigenvalue weighted by molar-refractivity contribution is 0.338. The summed E-state index contributed by atoms with van der Waals surface area (Å²) >= 11 is 1.71. The first-order valence-corrected chi connectivity index (χ1v) is 4.50. The van der Waals surface area contributed by atoms with Gasteiger partial charge < -0.3 is 4.74 Å². The Labute approximate surface area is 65.6 Å². The van der Waals surface area contributed by atoms with Crippen molar-refractivity contribution in [2.24, 2.45) is 0 Å². The summed E-state index contributed by atoms with van der Waals surface area (Å²) < 4.78 is 5.38. The number of hydrogen-bond acceptors (Lipinski definition) is 2. The summed E-state index contributed by atoms with van der Waals surface area (Å²) in [6, 6.07) is 0. The summed E-state index contributed by atoms with van der Waals surface area (Å²) in [4.78, 5) is 0. The van der Waals surface area contributed by atoms with E-state index in [9.17, 15) is 0 Å². The second-order valence-electron chi connectivity index (χ2n) is 2.05. The topological polar surface area (TPSA) is 9.23 Å². The van der Waals surface area contributed by atoms with E-state index in [0.717, 1.165) is 18.8 Å². The van der Waals surface area contributed by atoms with Crippen LogP contribution in [0.1, 0.15) is 19.4 Å². The van der Waals surface area contributed by atoms with E-state index in [1.807, 2.05) is 6.92 Å². The van der Waals surface area contributed by atoms with Gasteiger partial charge in [0.1, 0.15) is 5.75 Å². The first-order chi connectivity index (χ1) is 4.88. The highest BCUT2D eigenvalue weighted by molar-refractivity contribution is 7.08. The van der Waals surface area contributed by atoms with E-state index < -0.39 is 0 Å². The minimum absolute atomic E-state index is 0.768. The van der Waals surface area contributed by atoms with E-state index in [1.54, 1.807) is 11.3 Å². The van der Waals surface area contributed by atoms with Gasteiger partial charge in [0.2, 0.25) is 0 Å². The fourth-order valence-electron chi connectivity index (χ4n) is 0.852. The third-order valence-corrected chi connectivity index (χ3v) is 2.15. The largest absolute Gasteiger partial charge is 0.493 e. The van der Waals surface area contributed by atoms with E-state index >= 15 is 0 Å². The smallest absolute Gasteiger partial charge is 0.133 e. The second-order valence-corrected chi connectivity index (χ2v) is 2.79. The zero-order valence-electron chi connectivity index (χ0n) is 6.39. The molecule has 0 aliphatic carbocycles. The van der Waals surface area contributed by atoms with Gasteiger partial charge in [-0.05, 0) is 18.7 Å². The summed E-state index contributed by atoms with van der Waals surface area (Å²) in [5, 5.41) is 4.20. The molecule has 1 rings (SSSR count). The van der Waals surface area contributed by atoms with Crippen LogP contribution in [0, 0.1) is 0 Å². The molecule has 0 aliphatic rings. The molecule has 10 heavy (non-hydrogen) atoms. The van der Waals surface area contributed by atoms with Crippen LogP contribution in [0.25, 0.3) is 0 Å². The first-order valence-electron chi connectivity index (χ1n) is 3.56. The molecule has 0 amide bonds. The summed E-state index contributed by atoms with van der Waals surface area (Å²) in [5.74, 6) is 1.06. The van der Waals surface area contributed by atoms with Gasteiger partial charge in [-0.2, -0.15) is 0 Å². The van der Waals surface area contributed by atoms with Crippen LogP contribution >= 0.6 is 11.3 Å². The maximum Gasteiger partial charge on any atom is 0.133 e. The normalized spacial score (nSPS) is 9.80. The highest BCUT2D eigenvalue weighted by Gasteiger charge is 1.99. The second kappa shape index (κ2) is 3.62. The Bertz CT molecular complexity index is 193. The van der Waals surface area contributed by atoms with Crippen molar-refractivity contribution in [2.75, 3.05) is 6.61 Å². The third kappa shape index (κ3) is 1.51. The van der Waals surface area contributed by atoms with Crippen LogP contribution in [0.5, 0.6) is 5.75 Å². The SMILES string of the molecule is CCOc1cscc1CC. The Balaban J connectivity index is 2.70. The molecule has 0 aliphatic heterocycles. The number of ether oxygens (including phenoxy) is 1. The predicted molar refractivity (Wildman–Crippen MR) is 44.9 cm³/mol. The van der Waals surface area contributed by atoms with Crippen molar-refractivity contribution in [3.05, 3.63) is 16.3 Å². The standard InChI is InChI=1S/C8H12OS/c1-3-7-5-10-6-8(7)9-4-2/h5-6H,3-4H2,1-2H3. The molecular formula is C8H12OS. The third-order valence-electron chi connectivity index (χ3n) is 1.38. The summed E-state index contributed by atoms with van der Waals surface area (Å²) in [5.41, 5.74) is 1.33. The van der Waals surface area contributed by atoms with Gasteiger partial charge in [0.25, 0.3) is 0 Å². The minimum Gasteiger partial charge on any atom is -0.493 e. The molecule has 1 aromatic rings. The van der Waals surface area contributed by atoms with Crippen molar-refractivity contribution in [1.82, 2.24) is 0 Å². The van der Waals surface area contributed by atoms with E-state index in [4.69, 9.17) is 4.74 Å². The highest BCUT2D eigenvalue weighted by atomic mass is 32.1. The van der Waals surface area contributed by atoms with Gasteiger partial charge in [-0.3, -0.25) is 0 Å². The molecule has 0 unspecified atom stereocenters. The molecule has 1 heterocycles. The van der Waals surface area contributed by atoms with Crippen LogP contribution < -0.4 is 4.74 Å². The van der Waals surface area contributed by atoms with Crippen molar-refractivity contribution in [3.8, 4) is 5.75 Å². The van der Waals surface area contributed by atoms with Crippen LogP contribution in [-0.2, 0) is 6.42 Å². The van der Waals surface area contributed by atoms with Gasteiger partial charge in [-0.25, -0.2) is 0 Å². The summed E-state index contributed by atoms with van der Waals surface area (Å²) in [6.07, 6.45) is 1.07. The minimum atomic E-state index is 0.768. The Morgan fingerprint density at radius 1 is 1.40 bits per heavy atom. The maximum atomic E-state index is 5.38. The van der Waals surface area contributed by atoms with Crippen LogP contribution in [0.4, 0.5) is 0 Å². The Hall–Kier alpha value is -0.500. The quantitative estimate of drug-likeness (QED) is 0.653. The molecule has 0 bridgehead atoms. The molecule has 0 atom stereocenters. The van der Waals surface area contributed by atoms with E-state index in [2.05, 4.69) is 17.7 Å². The molecule has 1 nitrogen and oxygen atoms in total. The van der Waals surface area contributed by atoms with Crippen LogP contribution in [0.3, 0.4) is 0 Å². The van der Waals surface area contributed by atoms with Crippen molar-refractivity contribution in [3.63, 3.8) is 0 Å². The number of rotatable bonds is 3. The zero-order valence-corrected chi connectivity index (χ0v) is 7.20. The fraction of sp³-hybridized carbons (Fsp3) is 0.500. The monoisotopic (exact) mass is 156 g/mol. The molecule has 0 saturated carbocycles. The van der Waals surface area contributed by atoms with Gasteiger partial charge in [0, 0.05) is 10.9 Å². The first kappa shape index (κ1) is 7.61. The molecule has 0 N–H and O–H groups in total. The van der Waals surface area contributed by atoms with Crippen LogP contribution in [-0.4, -0.2) is 6.61 Å². The lowest BCUT2D eigenvalue weighted by Gasteiger charge is -2.00. The van der Waals surface area contributed by atoms with Gasteiger partial charge in [-0.1, -0.05) is 6.92 Å². The number of hydrogen-bond donors (Lipinski definition) is 0. The Morgan fingerprint density at radius 2 is 2.20 bits per heavy atom. The van der Waals surface area contributed by atoms with Crippen molar-refractivity contribution in [2.45, 2.75) is 20.3 Å². The molecule has 0 fully saturated rings. The molecule has 0 spiro atoms. The van der Waals surface area contributed by atoms with Crippen molar-refractivity contribution >= 4 is 11.3 Å². The number of thiophene rings is 1. The number of aryl methyl sites for hydroxylation is 1. The molecule has 2 heteroatoms. The van der Waals surface area contributed by atoms with Crippen molar-refractivity contribution in [1.29, 1.82) is 0 Å². The lowest BCUT2D eigenvalue weighted by atomic mass is 10.2. The molecule has 0 radical (unpaired) electrons. The van der Waals surface area contributed by atoms with E-state index in [1.165, 1.54) is 5.56 Å². The van der Waals surface area contributed by atoms with Gasteiger partial charge in [0.15, 0.2) is 0 Å². The highest BCUT2D eigenvalue weighted by Crippen LogP contribution is 2.23. The van der Waals surface area contributed by atoms with Gasteiger partial charge >= 0.3 is 0 Å². The van der Waals surface area contributed by atoms with Crippen LogP contribution in [0.15, 0.2) is 10.8 Å². The summed E-state index contributed by atoms with van der Waals surface area (Å²) in [6.45, 7) is 4.92. The average Bonchev–Trinajstić information content (AvgIpc) is 2.36. The molecule has 0 aromatic carbocycles. The van der Waals surface area contributed by atoms with E-state index in [-0.39, 0.29) is 0 Å². The summed E-state index contributed by atoms with van der Waals surface area (Å²) in [7, 11) is 0.